The van der Waals surface area contributed by atoms with Gasteiger partial charge in [0, 0.05) is 42.0 Å². The molecule has 5 rings (SSSR count). The van der Waals surface area contributed by atoms with Gasteiger partial charge < -0.3 is 16.0 Å². The molecule has 8 nitrogen and oxygen atoms in total. The van der Waals surface area contributed by atoms with E-state index in [9.17, 15) is 4.79 Å². The normalized spacial score (nSPS) is 17.7. The molecule has 3 aromatic rings. The maximum absolute atomic E-state index is 11.6. The van der Waals surface area contributed by atoms with Gasteiger partial charge in [0.1, 0.15) is 11.6 Å². The minimum Gasteiger partial charge on any atom is -0.370 e. The predicted octanol–water partition coefficient (Wildman–Crippen LogP) is 3.11. The Morgan fingerprint density at radius 2 is 2.14 bits per heavy atom. The first-order valence-electron chi connectivity index (χ1n) is 9.65. The number of allylic oxidation sites excluding steroid dienone is 1. The number of fused-ring (bicyclic) bond motifs is 1. The lowest BCUT2D eigenvalue weighted by Crippen LogP contribution is -2.10. The first-order chi connectivity index (χ1) is 14.2. The molecule has 146 valence electrons. The van der Waals surface area contributed by atoms with E-state index in [4.69, 9.17) is 4.98 Å². The molecule has 0 radical (unpaired) electrons. The Bertz CT molecular complexity index is 1130. The third kappa shape index (κ3) is 3.69. The number of carbonyl (C=O) groups is 1. The average molecular weight is 387 g/mol. The van der Waals surface area contributed by atoms with Crippen LogP contribution in [0.2, 0.25) is 0 Å². The van der Waals surface area contributed by atoms with Crippen LogP contribution >= 0.6 is 0 Å². The van der Waals surface area contributed by atoms with Crippen LogP contribution in [-0.2, 0) is 4.79 Å². The summed E-state index contributed by atoms with van der Waals surface area (Å²) in [6, 6.07) is 5.74. The molecule has 1 amide bonds. The van der Waals surface area contributed by atoms with Crippen molar-refractivity contribution < 1.29 is 4.79 Å². The fourth-order valence-electron chi connectivity index (χ4n) is 3.32. The van der Waals surface area contributed by atoms with Gasteiger partial charge in [-0.25, -0.2) is 4.98 Å². The summed E-state index contributed by atoms with van der Waals surface area (Å²) < 4.78 is 1.81. The standard InChI is InChI=1S/C21H21N7O/c1-13-15(9-20(29)25-13)8-16-12-24-28-19(23-11-14-2-3-14)10-18(27-21(16)28)26-17-4-6-22-7-5-17/h4-8,10,12,14,23H,1-3,9,11H2,(H,25,29)(H,22,26,27)/b15-8+. The van der Waals surface area contributed by atoms with Gasteiger partial charge in [-0.3, -0.25) is 9.78 Å². The summed E-state index contributed by atoms with van der Waals surface area (Å²) in [4.78, 5) is 20.5. The summed E-state index contributed by atoms with van der Waals surface area (Å²) in [7, 11) is 0. The number of nitrogens with one attached hydrogen (secondary N) is 3. The molecule has 8 heteroatoms. The van der Waals surface area contributed by atoms with Gasteiger partial charge in [0.25, 0.3) is 0 Å². The molecule has 2 aliphatic rings. The zero-order valence-corrected chi connectivity index (χ0v) is 15.9. The molecule has 3 N–H and O–H groups in total. The summed E-state index contributed by atoms with van der Waals surface area (Å²) >= 11 is 0. The van der Waals surface area contributed by atoms with Crippen molar-refractivity contribution in [2.75, 3.05) is 17.2 Å². The summed E-state index contributed by atoms with van der Waals surface area (Å²) in [5.41, 5.74) is 3.94. The predicted molar refractivity (Wildman–Crippen MR) is 112 cm³/mol. The lowest BCUT2D eigenvalue weighted by molar-refractivity contribution is -0.118. The van der Waals surface area contributed by atoms with E-state index in [2.05, 4.69) is 32.6 Å². The molecule has 0 bridgehead atoms. The monoisotopic (exact) mass is 387 g/mol. The van der Waals surface area contributed by atoms with E-state index in [0.29, 0.717) is 23.6 Å². The SMILES string of the molecule is C=C1NC(=O)C/C1=C\c1cnn2c(NCC3CC3)cc(Nc3ccncc3)nc12. The lowest BCUT2D eigenvalue weighted by Gasteiger charge is -2.12. The molecule has 3 aromatic heterocycles. The van der Waals surface area contributed by atoms with Crippen molar-refractivity contribution >= 4 is 35.0 Å². The van der Waals surface area contributed by atoms with Crippen molar-refractivity contribution in [1.82, 2.24) is 24.9 Å². The third-order valence-electron chi connectivity index (χ3n) is 5.08. The molecule has 0 unspecified atom stereocenters. The Labute approximate surface area is 167 Å². The Balaban J connectivity index is 1.55. The molecule has 1 saturated heterocycles. The zero-order chi connectivity index (χ0) is 19.8. The molecular formula is C21H21N7O. The van der Waals surface area contributed by atoms with Crippen LogP contribution in [-0.4, -0.2) is 32.0 Å². The van der Waals surface area contributed by atoms with Crippen LogP contribution in [0.3, 0.4) is 0 Å². The molecule has 2 fully saturated rings. The first kappa shape index (κ1) is 17.4. The van der Waals surface area contributed by atoms with Gasteiger partial charge in [0.2, 0.25) is 5.91 Å². The summed E-state index contributed by atoms with van der Waals surface area (Å²) in [5, 5.41) is 14.1. The van der Waals surface area contributed by atoms with Gasteiger partial charge >= 0.3 is 0 Å². The van der Waals surface area contributed by atoms with Gasteiger partial charge in [0.15, 0.2) is 5.65 Å². The van der Waals surface area contributed by atoms with E-state index in [1.54, 1.807) is 23.1 Å². The van der Waals surface area contributed by atoms with E-state index in [1.807, 2.05) is 24.3 Å². The lowest BCUT2D eigenvalue weighted by atomic mass is 10.1. The van der Waals surface area contributed by atoms with E-state index in [-0.39, 0.29) is 5.91 Å². The maximum atomic E-state index is 11.6. The highest BCUT2D eigenvalue weighted by atomic mass is 16.1. The van der Waals surface area contributed by atoms with E-state index in [0.717, 1.165) is 35.1 Å². The number of nitrogens with zero attached hydrogens (tertiary/aromatic N) is 4. The van der Waals surface area contributed by atoms with E-state index in [1.165, 1.54) is 12.8 Å². The van der Waals surface area contributed by atoms with E-state index >= 15 is 0 Å². The fourth-order valence-corrected chi connectivity index (χ4v) is 3.32. The van der Waals surface area contributed by atoms with Crippen LogP contribution in [0.4, 0.5) is 17.3 Å². The van der Waals surface area contributed by atoms with Gasteiger partial charge in [-0.15, -0.1) is 0 Å². The van der Waals surface area contributed by atoms with Crippen molar-refractivity contribution in [3.8, 4) is 0 Å². The quantitative estimate of drug-likeness (QED) is 0.601. The number of hydrogen-bond donors (Lipinski definition) is 3. The molecule has 0 aromatic carbocycles. The highest BCUT2D eigenvalue weighted by Gasteiger charge is 2.22. The van der Waals surface area contributed by atoms with Crippen LogP contribution in [0.25, 0.3) is 11.7 Å². The fraction of sp³-hybridized carbons (Fsp3) is 0.238. The van der Waals surface area contributed by atoms with Gasteiger partial charge in [0.05, 0.1) is 12.6 Å². The van der Waals surface area contributed by atoms with Crippen LogP contribution in [0, 0.1) is 5.92 Å². The van der Waals surface area contributed by atoms with Gasteiger partial charge in [-0.05, 0) is 42.5 Å². The number of aromatic nitrogens is 4. The van der Waals surface area contributed by atoms with Crippen LogP contribution in [0.15, 0.2) is 54.6 Å². The number of hydrogen-bond acceptors (Lipinski definition) is 6. The minimum absolute atomic E-state index is 0.0440. The molecule has 4 heterocycles. The second-order valence-electron chi connectivity index (χ2n) is 7.42. The van der Waals surface area contributed by atoms with Gasteiger partial charge in [-0.2, -0.15) is 9.61 Å². The van der Waals surface area contributed by atoms with Crippen molar-refractivity contribution in [1.29, 1.82) is 0 Å². The summed E-state index contributed by atoms with van der Waals surface area (Å²) in [5.74, 6) is 2.27. The highest BCUT2D eigenvalue weighted by molar-refractivity contribution is 5.89. The van der Waals surface area contributed by atoms with Crippen LogP contribution < -0.4 is 16.0 Å². The Kier molecular flexibility index (Phi) is 4.23. The minimum atomic E-state index is -0.0440. The number of amides is 1. The second kappa shape index (κ2) is 7.05. The Hall–Kier alpha value is -3.68. The first-order valence-corrected chi connectivity index (χ1v) is 9.65. The highest BCUT2D eigenvalue weighted by Crippen LogP contribution is 2.30. The number of carbonyl (C=O) groups excluding carboxylic acids is 1. The van der Waals surface area contributed by atoms with Gasteiger partial charge in [-0.1, -0.05) is 6.58 Å². The Morgan fingerprint density at radius 3 is 2.86 bits per heavy atom. The number of rotatable bonds is 6. The van der Waals surface area contributed by atoms with Crippen LogP contribution in [0.1, 0.15) is 24.8 Å². The average Bonchev–Trinajstić information content (AvgIpc) is 3.38. The molecule has 29 heavy (non-hydrogen) atoms. The smallest absolute Gasteiger partial charge is 0.228 e. The number of pyridine rings is 1. The van der Waals surface area contributed by atoms with Crippen LogP contribution in [0.5, 0.6) is 0 Å². The molecule has 1 aliphatic heterocycles. The summed E-state index contributed by atoms with van der Waals surface area (Å²) in [6.45, 7) is 4.83. The third-order valence-corrected chi connectivity index (χ3v) is 5.08. The van der Waals surface area contributed by atoms with E-state index < -0.39 is 0 Å². The number of anilines is 3. The summed E-state index contributed by atoms with van der Waals surface area (Å²) in [6.07, 6.45) is 10.0. The maximum Gasteiger partial charge on any atom is 0.228 e. The zero-order valence-electron chi connectivity index (χ0n) is 15.9. The molecule has 1 aliphatic carbocycles. The second-order valence-corrected chi connectivity index (χ2v) is 7.42. The largest absolute Gasteiger partial charge is 0.370 e. The topological polar surface area (TPSA) is 96.2 Å². The van der Waals surface area contributed by atoms with Crippen molar-refractivity contribution in [3.05, 3.63) is 60.2 Å². The molecule has 0 spiro atoms. The molecule has 0 atom stereocenters. The molecule has 1 saturated carbocycles. The van der Waals surface area contributed by atoms with Crippen molar-refractivity contribution in [3.63, 3.8) is 0 Å². The van der Waals surface area contributed by atoms with Crippen molar-refractivity contribution in [2.45, 2.75) is 19.3 Å². The van der Waals surface area contributed by atoms with Crippen molar-refractivity contribution in [2.24, 2.45) is 5.92 Å². The Morgan fingerprint density at radius 1 is 1.31 bits per heavy atom. The molecular weight excluding hydrogens is 366 g/mol.